The Kier molecular flexibility index (Phi) is 5.92. The van der Waals surface area contributed by atoms with Crippen LogP contribution in [0.4, 0.5) is 11.9 Å². The van der Waals surface area contributed by atoms with Gasteiger partial charge in [0.15, 0.2) is 5.65 Å². The van der Waals surface area contributed by atoms with E-state index in [2.05, 4.69) is 58.8 Å². The van der Waals surface area contributed by atoms with Crippen molar-refractivity contribution in [1.82, 2.24) is 34.4 Å². The van der Waals surface area contributed by atoms with E-state index in [1.54, 1.807) is 10.7 Å². The van der Waals surface area contributed by atoms with E-state index in [1.807, 2.05) is 19.1 Å². The third kappa shape index (κ3) is 4.46. The van der Waals surface area contributed by atoms with Gasteiger partial charge >= 0.3 is 5.97 Å². The summed E-state index contributed by atoms with van der Waals surface area (Å²) in [5.74, 6) is 0.988. The smallest absolute Gasteiger partial charge is 0.332 e. The van der Waals surface area contributed by atoms with Crippen LogP contribution in [-0.4, -0.2) is 78.2 Å². The topological polar surface area (TPSA) is 128 Å². The molecule has 3 N–H and O–H groups in total. The van der Waals surface area contributed by atoms with E-state index >= 15 is 0 Å². The van der Waals surface area contributed by atoms with Crippen LogP contribution < -0.4 is 10.2 Å². The number of halogens is 1. The molecule has 0 atom stereocenters. The van der Waals surface area contributed by atoms with E-state index in [0.29, 0.717) is 56.8 Å². The lowest BCUT2D eigenvalue weighted by molar-refractivity contribution is -0.132. The number of carbonyl (C=O) groups is 1. The Morgan fingerprint density at radius 1 is 1.24 bits per heavy atom. The van der Waals surface area contributed by atoms with Gasteiger partial charge in [0.2, 0.25) is 11.9 Å². The van der Waals surface area contributed by atoms with Crippen LogP contribution in [0.1, 0.15) is 11.4 Å². The lowest BCUT2D eigenvalue weighted by Gasteiger charge is -2.34. The molecule has 176 valence electrons. The van der Waals surface area contributed by atoms with Gasteiger partial charge in [0.1, 0.15) is 5.82 Å². The number of aromatic amines is 1. The second-order valence-electron chi connectivity index (χ2n) is 8.30. The fraction of sp³-hybridized carbons (Fsp3) is 0.318. The van der Waals surface area contributed by atoms with Crippen molar-refractivity contribution in [2.75, 3.05) is 42.9 Å². The van der Waals surface area contributed by atoms with Crippen molar-refractivity contribution >= 4 is 50.5 Å². The van der Waals surface area contributed by atoms with Gasteiger partial charge < -0.3 is 20.3 Å². The lowest BCUT2D eigenvalue weighted by atomic mass is 10.2. The number of carboxylic acid groups (broad SMARTS) is 1. The van der Waals surface area contributed by atoms with Crippen LogP contribution in [0.3, 0.4) is 0 Å². The summed E-state index contributed by atoms with van der Waals surface area (Å²) in [5.41, 5.74) is 3.93. The standard InChI is InChI=1S/C22H24BrN9O2/c1-13-3-4-16-17(9-13)27-18(26-16)11-24-21-29-22(28-19-15(23)10-25-32(19)21)31-7-5-30(6-8-31)12-14(2)20(33)34/h3-4,9-10H,2,5-8,11-12H2,1H3,(H,26,27)(H,33,34)(H,24,28,29). The van der Waals surface area contributed by atoms with Crippen LogP contribution in [0.25, 0.3) is 16.7 Å². The Morgan fingerprint density at radius 2 is 2.03 bits per heavy atom. The average molecular weight is 526 g/mol. The van der Waals surface area contributed by atoms with E-state index in [1.165, 1.54) is 0 Å². The van der Waals surface area contributed by atoms with Gasteiger partial charge in [0.05, 0.1) is 28.2 Å². The molecule has 0 spiro atoms. The van der Waals surface area contributed by atoms with Gasteiger partial charge in [-0.1, -0.05) is 12.6 Å². The summed E-state index contributed by atoms with van der Waals surface area (Å²) >= 11 is 3.52. The summed E-state index contributed by atoms with van der Waals surface area (Å²) in [6.45, 7) is 9.22. The lowest BCUT2D eigenvalue weighted by Crippen LogP contribution is -2.47. The highest BCUT2D eigenvalue weighted by molar-refractivity contribution is 9.10. The summed E-state index contributed by atoms with van der Waals surface area (Å²) in [4.78, 5) is 32.7. The van der Waals surface area contributed by atoms with Crippen LogP contribution in [0.15, 0.2) is 41.0 Å². The summed E-state index contributed by atoms with van der Waals surface area (Å²) in [5, 5.41) is 16.8. The molecule has 3 aromatic heterocycles. The van der Waals surface area contributed by atoms with Gasteiger partial charge in [-0.3, -0.25) is 4.90 Å². The first-order chi connectivity index (χ1) is 16.4. The minimum absolute atomic E-state index is 0.196. The molecule has 0 aliphatic carbocycles. The number of nitrogens with zero attached hydrogens (tertiary/aromatic N) is 7. The Labute approximate surface area is 203 Å². The Hall–Kier alpha value is -3.51. The van der Waals surface area contributed by atoms with Gasteiger partial charge in [0, 0.05) is 38.3 Å². The molecule has 5 rings (SSSR count). The van der Waals surface area contributed by atoms with Crippen molar-refractivity contribution in [2.45, 2.75) is 13.5 Å². The monoisotopic (exact) mass is 525 g/mol. The van der Waals surface area contributed by atoms with E-state index in [0.717, 1.165) is 26.9 Å². The number of nitrogens with one attached hydrogen (secondary N) is 2. The van der Waals surface area contributed by atoms with Crippen LogP contribution in [0, 0.1) is 6.92 Å². The maximum atomic E-state index is 11.1. The maximum absolute atomic E-state index is 11.1. The number of anilines is 2. The predicted molar refractivity (Wildman–Crippen MR) is 132 cm³/mol. The van der Waals surface area contributed by atoms with Gasteiger partial charge in [0.25, 0.3) is 0 Å². The number of aliphatic carboxylic acids is 1. The molecule has 34 heavy (non-hydrogen) atoms. The number of aryl methyl sites for hydroxylation is 1. The van der Waals surface area contributed by atoms with Crippen molar-refractivity contribution < 1.29 is 9.90 Å². The molecule has 0 unspecified atom stereocenters. The van der Waals surface area contributed by atoms with Crippen molar-refractivity contribution in [2.24, 2.45) is 0 Å². The highest BCUT2D eigenvalue weighted by Gasteiger charge is 2.23. The summed E-state index contributed by atoms with van der Waals surface area (Å²) < 4.78 is 2.43. The van der Waals surface area contributed by atoms with Crippen LogP contribution in [-0.2, 0) is 11.3 Å². The molecule has 4 aromatic rings. The molecule has 0 amide bonds. The second-order valence-corrected chi connectivity index (χ2v) is 9.16. The second kappa shape index (κ2) is 9.03. The molecule has 11 nitrogen and oxygen atoms in total. The number of aromatic nitrogens is 6. The SMILES string of the molecule is C=C(CN1CCN(c2nc(NCc3nc4cc(C)ccc4[nH]3)n3ncc(Br)c3n2)CC1)C(=O)O. The normalized spacial score (nSPS) is 14.7. The highest BCUT2D eigenvalue weighted by Crippen LogP contribution is 2.23. The molecule has 0 saturated carbocycles. The van der Waals surface area contributed by atoms with E-state index in [-0.39, 0.29) is 5.57 Å². The zero-order valence-corrected chi connectivity index (χ0v) is 20.2. The van der Waals surface area contributed by atoms with E-state index in [9.17, 15) is 4.79 Å². The third-order valence-corrected chi connectivity index (χ3v) is 6.35. The Morgan fingerprint density at radius 3 is 2.79 bits per heavy atom. The molecule has 1 saturated heterocycles. The maximum Gasteiger partial charge on any atom is 0.332 e. The Balaban J connectivity index is 1.34. The van der Waals surface area contributed by atoms with Gasteiger partial charge in [-0.2, -0.15) is 19.6 Å². The average Bonchev–Trinajstić information content (AvgIpc) is 3.40. The molecule has 1 fully saturated rings. The molecule has 1 aliphatic rings. The summed E-state index contributed by atoms with van der Waals surface area (Å²) in [6.07, 6.45) is 1.69. The number of hydrogen-bond acceptors (Lipinski definition) is 8. The molecule has 1 aliphatic heterocycles. The third-order valence-electron chi connectivity index (χ3n) is 5.79. The highest BCUT2D eigenvalue weighted by atomic mass is 79.9. The van der Waals surface area contributed by atoms with Crippen molar-refractivity contribution in [3.63, 3.8) is 0 Å². The quantitative estimate of drug-likeness (QED) is 0.311. The molecule has 0 radical (unpaired) electrons. The summed E-state index contributed by atoms with van der Waals surface area (Å²) in [6, 6.07) is 6.13. The first-order valence-electron chi connectivity index (χ1n) is 10.9. The molecule has 0 bridgehead atoms. The number of hydrogen-bond donors (Lipinski definition) is 3. The molecule has 1 aromatic carbocycles. The number of carboxylic acids is 1. The van der Waals surface area contributed by atoms with Crippen LogP contribution in [0.2, 0.25) is 0 Å². The van der Waals surface area contributed by atoms with Crippen LogP contribution >= 0.6 is 15.9 Å². The fourth-order valence-corrected chi connectivity index (χ4v) is 4.30. The molecular weight excluding hydrogens is 502 g/mol. The van der Waals surface area contributed by atoms with Crippen molar-refractivity contribution in [3.8, 4) is 0 Å². The number of H-pyrrole nitrogens is 1. The van der Waals surface area contributed by atoms with E-state index < -0.39 is 5.97 Å². The minimum Gasteiger partial charge on any atom is -0.478 e. The van der Waals surface area contributed by atoms with Crippen molar-refractivity contribution in [3.05, 3.63) is 52.4 Å². The van der Waals surface area contributed by atoms with E-state index in [4.69, 9.17) is 15.1 Å². The largest absolute Gasteiger partial charge is 0.478 e. The first-order valence-corrected chi connectivity index (χ1v) is 11.7. The van der Waals surface area contributed by atoms with Crippen LogP contribution in [0.5, 0.6) is 0 Å². The number of piperazine rings is 1. The fourth-order valence-electron chi connectivity index (χ4n) is 3.95. The van der Waals surface area contributed by atoms with Gasteiger partial charge in [-0.15, -0.1) is 0 Å². The van der Waals surface area contributed by atoms with Gasteiger partial charge in [-0.25, -0.2) is 9.78 Å². The van der Waals surface area contributed by atoms with Gasteiger partial charge in [-0.05, 0) is 40.5 Å². The number of imidazole rings is 1. The summed E-state index contributed by atoms with van der Waals surface area (Å²) in [7, 11) is 0. The Bertz CT molecular complexity index is 1390. The molecular formula is C22H24BrN9O2. The number of benzene rings is 1. The molecule has 4 heterocycles. The number of rotatable bonds is 7. The number of fused-ring (bicyclic) bond motifs is 2. The predicted octanol–water partition coefficient (Wildman–Crippen LogP) is 2.45. The zero-order chi connectivity index (χ0) is 23.8. The zero-order valence-electron chi connectivity index (χ0n) is 18.6. The first kappa shape index (κ1) is 22.3. The molecule has 12 heteroatoms. The minimum atomic E-state index is -0.961. The van der Waals surface area contributed by atoms with Crippen molar-refractivity contribution in [1.29, 1.82) is 0 Å².